The molecule has 0 bridgehead atoms. The number of pyridine rings is 1. The number of carbonyl (C=O) groups is 1. The smallest absolute Gasteiger partial charge is 0.244 e. The lowest BCUT2D eigenvalue weighted by Gasteiger charge is -2.44. The second-order valence-electron chi connectivity index (χ2n) is 10.4. The summed E-state index contributed by atoms with van der Waals surface area (Å²) in [5, 5.41) is 8.88. The van der Waals surface area contributed by atoms with Crippen molar-refractivity contribution in [3.05, 3.63) is 103 Å². The molecule has 4 heteroatoms. The van der Waals surface area contributed by atoms with Crippen molar-refractivity contribution in [2.75, 3.05) is 0 Å². The Hall–Kier alpha value is -3.50. The average molecular weight is 479 g/mol. The van der Waals surface area contributed by atoms with Crippen LogP contribution in [0.3, 0.4) is 0 Å². The van der Waals surface area contributed by atoms with Crippen LogP contribution in [0, 0.1) is 0 Å². The second-order valence-corrected chi connectivity index (χ2v) is 15.0. The van der Waals surface area contributed by atoms with Crippen molar-refractivity contribution in [1.82, 2.24) is 10.3 Å². The first-order valence-corrected chi connectivity index (χ1v) is 14.2. The summed E-state index contributed by atoms with van der Waals surface area (Å²) in [5.74, 6) is -0.0821. The van der Waals surface area contributed by atoms with Crippen LogP contribution < -0.4 is 21.0 Å². The van der Waals surface area contributed by atoms with Gasteiger partial charge in [-0.1, -0.05) is 99.6 Å². The Kier molecular flexibility index (Phi) is 7.04. The first kappa shape index (κ1) is 24.6. The van der Waals surface area contributed by atoms with E-state index in [-0.39, 0.29) is 17.0 Å². The topological polar surface area (TPSA) is 42.0 Å². The molecule has 1 N–H and O–H groups in total. The number of carbonyl (C=O) groups excluding carboxylic acids is 1. The summed E-state index contributed by atoms with van der Waals surface area (Å²) >= 11 is 0. The van der Waals surface area contributed by atoms with Gasteiger partial charge in [-0.15, -0.1) is 0 Å². The summed E-state index contributed by atoms with van der Waals surface area (Å²) in [7, 11) is -2.69. The van der Waals surface area contributed by atoms with E-state index in [1.165, 1.54) is 15.8 Å². The molecule has 0 unspecified atom stereocenters. The highest BCUT2D eigenvalue weighted by Gasteiger charge is 2.51. The molecule has 1 aromatic heterocycles. The highest BCUT2D eigenvalue weighted by Crippen LogP contribution is 2.36. The minimum atomic E-state index is -2.69. The lowest BCUT2D eigenvalue weighted by molar-refractivity contribution is -0.116. The highest BCUT2D eigenvalue weighted by atomic mass is 28.3. The Labute approximate surface area is 209 Å². The largest absolute Gasteiger partial charge is 0.350 e. The van der Waals surface area contributed by atoms with E-state index in [2.05, 4.69) is 105 Å². The normalized spacial score (nSPS) is 13.8. The Balaban J connectivity index is 2.03. The molecule has 1 amide bonds. The molecule has 3 nitrogen and oxygen atoms in total. The van der Waals surface area contributed by atoms with Crippen molar-refractivity contribution in [2.45, 2.75) is 45.7 Å². The van der Waals surface area contributed by atoms with Crippen LogP contribution >= 0.6 is 0 Å². The number of fused-ring (bicyclic) bond motifs is 1. The van der Waals surface area contributed by atoms with Crippen molar-refractivity contribution in [3.8, 4) is 0 Å². The summed E-state index contributed by atoms with van der Waals surface area (Å²) in [5.41, 5.74) is 1.06. The summed E-state index contributed by atoms with van der Waals surface area (Å²) in [4.78, 5) is 17.6. The van der Waals surface area contributed by atoms with Gasteiger partial charge in [0.2, 0.25) is 5.91 Å². The van der Waals surface area contributed by atoms with Crippen LogP contribution in [0.4, 0.5) is 0 Å². The number of amides is 1. The molecule has 4 aromatic rings. The number of benzene rings is 3. The Morgan fingerprint density at radius 3 is 2.20 bits per heavy atom. The fourth-order valence-corrected chi connectivity index (χ4v) is 10.7. The van der Waals surface area contributed by atoms with E-state index in [1.807, 2.05) is 32.2 Å². The van der Waals surface area contributed by atoms with E-state index in [0.29, 0.717) is 0 Å². The van der Waals surface area contributed by atoms with Crippen LogP contribution in [0.15, 0.2) is 97.2 Å². The number of aromatic nitrogens is 1. The fraction of sp³-hybridized carbons (Fsp3) is 0.226. The van der Waals surface area contributed by atoms with Crippen molar-refractivity contribution < 1.29 is 4.79 Å². The minimum Gasteiger partial charge on any atom is -0.350 e. The van der Waals surface area contributed by atoms with Gasteiger partial charge < -0.3 is 5.32 Å². The molecule has 0 saturated carbocycles. The predicted octanol–water partition coefficient (Wildman–Crippen LogP) is 5.04. The van der Waals surface area contributed by atoms with E-state index in [9.17, 15) is 4.79 Å². The molecule has 0 aliphatic rings. The third kappa shape index (κ3) is 4.84. The summed E-state index contributed by atoms with van der Waals surface area (Å²) in [6, 6.07) is 30.1. The van der Waals surface area contributed by atoms with Gasteiger partial charge in [-0.2, -0.15) is 0 Å². The molecule has 35 heavy (non-hydrogen) atoms. The molecule has 178 valence electrons. The van der Waals surface area contributed by atoms with Crippen molar-refractivity contribution >= 4 is 46.5 Å². The molecule has 0 aliphatic carbocycles. The van der Waals surface area contributed by atoms with Gasteiger partial charge in [0.05, 0.1) is 0 Å². The zero-order chi connectivity index (χ0) is 25.1. The average Bonchev–Trinajstić information content (AvgIpc) is 2.83. The van der Waals surface area contributed by atoms with Gasteiger partial charge in [0.25, 0.3) is 0 Å². The maximum Gasteiger partial charge on any atom is 0.244 e. The van der Waals surface area contributed by atoms with Crippen molar-refractivity contribution in [3.63, 3.8) is 0 Å². The molecule has 1 heterocycles. The number of nitrogens with one attached hydrogen (secondary N) is 1. The summed E-state index contributed by atoms with van der Waals surface area (Å²) < 4.78 is 0. The number of rotatable bonds is 6. The van der Waals surface area contributed by atoms with Gasteiger partial charge in [-0.25, -0.2) is 0 Å². The number of hydrogen-bond acceptors (Lipinski definition) is 2. The molecule has 0 spiro atoms. The first-order valence-electron chi connectivity index (χ1n) is 12.2. The molecule has 0 fully saturated rings. The van der Waals surface area contributed by atoms with E-state index in [1.54, 1.807) is 6.08 Å². The Morgan fingerprint density at radius 1 is 0.886 bits per heavy atom. The lowest BCUT2D eigenvalue weighted by Crippen LogP contribution is -2.73. The molecular formula is C31H34N2OSi. The Morgan fingerprint density at radius 2 is 1.51 bits per heavy atom. The van der Waals surface area contributed by atoms with Gasteiger partial charge in [0.15, 0.2) is 8.07 Å². The van der Waals surface area contributed by atoms with Gasteiger partial charge in [-0.05, 0) is 57.7 Å². The maximum absolute atomic E-state index is 12.5. The van der Waals surface area contributed by atoms with E-state index >= 15 is 0 Å². The fourth-order valence-electron chi connectivity index (χ4n) is 5.12. The quantitative estimate of drug-likeness (QED) is 0.311. The van der Waals surface area contributed by atoms with Crippen molar-refractivity contribution in [1.29, 1.82) is 0 Å². The maximum atomic E-state index is 12.5. The van der Waals surface area contributed by atoms with Crippen LogP contribution in [0.1, 0.15) is 40.2 Å². The van der Waals surface area contributed by atoms with Gasteiger partial charge in [0.1, 0.15) is 0 Å². The standard InChI is InChI=1S/C31H34N2OSi/c1-23(2)33-29(34)20-19-24-13-11-12-18-28(24)35(31(3,4)5,27-16-7-6-8-17-27)30-21-25-14-9-10-15-26(25)22-32-30/h6-23H,1-5H3,(H,33,34)/b20-19+/t35-/m1/s1. The molecule has 1 atom stereocenters. The summed E-state index contributed by atoms with van der Waals surface area (Å²) in [6.45, 7) is 10.9. The van der Waals surface area contributed by atoms with Crippen LogP contribution in [-0.2, 0) is 4.79 Å². The SMILES string of the molecule is CC(C)NC(=O)/C=C/c1ccccc1[Si@](c1ccccc1)(c1cc2ccccc2cn1)C(C)(C)C. The van der Waals surface area contributed by atoms with Gasteiger partial charge in [-0.3, -0.25) is 9.78 Å². The molecule has 0 aliphatic heterocycles. The van der Waals surface area contributed by atoms with Crippen molar-refractivity contribution in [2.24, 2.45) is 0 Å². The molecule has 4 rings (SSSR count). The zero-order valence-corrected chi connectivity index (χ0v) is 22.2. The monoisotopic (exact) mass is 478 g/mol. The van der Waals surface area contributed by atoms with Gasteiger partial charge in [0, 0.05) is 23.6 Å². The summed E-state index contributed by atoms with van der Waals surface area (Å²) in [6.07, 6.45) is 5.62. The third-order valence-corrected chi connectivity index (χ3v) is 12.3. The van der Waals surface area contributed by atoms with E-state index < -0.39 is 8.07 Å². The van der Waals surface area contributed by atoms with E-state index in [4.69, 9.17) is 4.98 Å². The number of nitrogens with zero attached hydrogens (tertiary/aromatic N) is 1. The predicted molar refractivity (Wildman–Crippen MR) is 151 cm³/mol. The first-order chi connectivity index (χ1) is 16.7. The van der Waals surface area contributed by atoms with E-state index in [0.717, 1.165) is 16.3 Å². The Bertz CT molecular complexity index is 1360. The number of hydrogen-bond donors (Lipinski definition) is 1. The molecule has 0 saturated heterocycles. The highest BCUT2D eigenvalue weighted by molar-refractivity contribution is 7.13. The molecular weight excluding hydrogens is 444 g/mol. The van der Waals surface area contributed by atoms with Crippen LogP contribution in [-0.4, -0.2) is 25.0 Å². The van der Waals surface area contributed by atoms with Crippen LogP contribution in [0.2, 0.25) is 5.04 Å². The zero-order valence-electron chi connectivity index (χ0n) is 21.2. The van der Waals surface area contributed by atoms with Crippen LogP contribution in [0.25, 0.3) is 16.8 Å². The third-order valence-electron chi connectivity index (χ3n) is 6.56. The minimum absolute atomic E-state index is 0.0821. The molecule has 0 radical (unpaired) electrons. The molecule has 3 aromatic carbocycles. The lowest BCUT2D eigenvalue weighted by atomic mass is 10.2. The second kappa shape index (κ2) is 10.0. The van der Waals surface area contributed by atoms with Gasteiger partial charge >= 0.3 is 0 Å². The van der Waals surface area contributed by atoms with Crippen LogP contribution in [0.5, 0.6) is 0 Å².